The molecular weight excluding hydrogens is 264 g/mol. The smallest absolute Gasteiger partial charge is 0.128 e. The van der Waals surface area contributed by atoms with Crippen LogP contribution in [0.2, 0.25) is 0 Å². The molecule has 0 radical (unpaired) electrons. The van der Waals surface area contributed by atoms with Gasteiger partial charge in [-0.1, -0.05) is 6.07 Å². The van der Waals surface area contributed by atoms with Crippen LogP contribution in [0.5, 0.6) is 0 Å². The third kappa shape index (κ3) is 3.83. The number of likely N-dealkylation sites (N-methyl/N-ethyl adjacent to an activating group) is 1. The first-order chi connectivity index (χ1) is 10.3. The van der Waals surface area contributed by atoms with E-state index in [-0.39, 0.29) is 0 Å². The molecule has 1 saturated heterocycles. The second-order valence-electron chi connectivity index (χ2n) is 5.50. The van der Waals surface area contributed by atoms with E-state index in [1.807, 2.05) is 18.3 Å². The third-order valence-electron chi connectivity index (χ3n) is 3.84. The van der Waals surface area contributed by atoms with Gasteiger partial charge in [-0.3, -0.25) is 0 Å². The van der Waals surface area contributed by atoms with Gasteiger partial charge in [0.25, 0.3) is 0 Å². The van der Waals surface area contributed by atoms with Gasteiger partial charge in [0, 0.05) is 38.9 Å². The Hall–Kier alpha value is -1.85. The molecule has 0 bridgehead atoms. The van der Waals surface area contributed by atoms with Crippen LogP contribution in [0.25, 0.3) is 0 Å². The van der Waals surface area contributed by atoms with Gasteiger partial charge in [0.1, 0.15) is 11.6 Å². The summed E-state index contributed by atoms with van der Waals surface area (Å²) in [4.78, 5) is 9.28. The van der Waals surface area contributed by atoms with Crippen LogP contribution in [0.15, 0.2) is 41.1 Å². The molecule has 112 valence electrons. The highest BCUT2D eigenvalue weighted by Gasteiger charge is 2.14. The Balaban J connectivity index is 1.49. The van der Waals surface area contributed by atoms with Crippen LogP contribution in [0, 0.1) is 0 Å². The molecule has 1 N–H and O–H groups in total. The van der Waals surface area contributed by atoms with Crippen LogP contribution in [0.4, 0.5) is 5.82 Å². The molecule has 3 rings (SSSR count). The van der Waals surface area contributed by atoms with E-state index < -0.39 is 0 Å². The van der Waals surface area contributed by atoms with E-state index in [4.69, 9.17) is 4.42 Å². The average molecular weight is 286 g/mol. The lowest BCUT2D eigenvalue weighted by Crippen LogP contribution is -2.44. The zero-order valence-electron chi connectivity index (χ0n) is 12.5. The summed E-state index contributed by atoms with van der Waals surface area (Å²) in [5.41, 5.74) is 1.19. The van der Waals surface area contributed by atoms with Crippen molar-refractivity contribution in [3.05, 3.63) is 48.0 Å². The molecule has 0 aliphatic carbocycles. The summed E-state index contributed by atoms with van der Waals surface area (Å²) in [5.74, 6) is 2.04. The summed E-state index contributed by atoms with van der Waals surface area (Å²) in [6.45, 7) is 5.87. The minimum atomic E-state index is 0.743. The first-order valence-electron chi connectivity index (χ1n) is 7.43. The third-order valence-corrected chi connectivity index (χ3v) is 3.84. The maximum atomic E-state index is 5.29. The average Bonchev–Trinajstić information content (AvgIpc) is 3.02. The van der Waals surface area contributed by atoms with E-state index in [0.717, 1.165) is 50.8 Å². The van der Waals surface area contributed by atoms with Crippen molar-refractivity contribution in [3.63, 3.8) is 0 Å². The van der Waals surface area contributed by atoms with E-state index in [9.17, 15) is 0 Å². The Morgan fingerprint density at radius 3 is 2.67 bits per heavy atom. The van der Waals surface area contributed by atoms with Gasteiger partial charge in [0.05, 0.1) is 12.8 Å². The van der Waals surface area contributed by atoms with Gasteiger partial charge in [0.15, 0.2) is 0 Å². The quantitative estimate of drug-likeness (QED) is 0.906. The number of rotatable bonds is 5. The molecule has 2 aromatic rings. The SMILES string of the molecule is CN1CCN(c2ccc(CNCc3ccco3)cn2)CC1. The number of furan rings is 1. The maximum absolute atomic E-state index is 5.29. The molecule has 0 spiro atoms. The van der Waals surface area contributed by atoms with E-state index in [1.54, 1.807) is 6.26 Å². The van der Waals surface area contributed by atoms with Gasteiger partial charge in [0.2, 0.25) is 0 Å². The summed E-state index contributed by atoms with van der Waals surface area (Å²) in [6.07, 6.45) is 3.66. The number of hydrogen-bond acceptors (Lipinski definition) is 5. The number of anilines is 1. The van der Waals surface area contributed by atoms with E-state index in [0.29, 0.717) is 0 Å². The minimum Gasteiger partial charge on any atom is -0.468 e. The minimum absolute atomic E-state index is 0.743. The number of nitrogens with one attached hydrogen (secondary N) is 1. The maximum Gasteiger partial charge on any atom is 0.128 e. The molecule has 0 unspecified atom stereocenters. The van der Waals surface area contributed by atoms with E-state index >= 15 is 0 Å². The molecule has 5 nitrogen and oxygen atoms in total. The van der Waals surface area contributed by atoms with Crippen molar-refractivity contribution < 1.29 is 4.42 Å². The van der Waals surface area contributed by atoms with Crippen LogP contribution in [-0.4, -0.2) is 43.1 Å². The summed E-state index contributed by atoms with van der Waals surface area (Å²) >= 11 is 0. The van der Waals surface area contributed by atoms with Crippen LogP contribution < -0.4 is 10.2 Å². The monoisotopic (exact) mass is 286 g/mol. The normalized spacial score (nSPS) is 16.3. The molecular formula is C16H22N4O. The van der Waals surface area contributed by atoms with Crippen molar-refractivity contribution in [2.45, 2.75) is 13.1 Å². The van der Waals surface area contributed by atoms with Gasteiger partial charge >= 0.3 is 0 Å². The Bertz CT molecular complexity index is 530. The highest BCUT2D eigenvalue weighted by Crippen LogP contribution is 2.13. The van der Waals surface area contributed by atoms with Crippen LogP contribution >= 0.6 is 0 Å². The van der Waals surface area contributed by atoms with Gasteiger partial charge in [-0.2, -0.15) is 0 Å². The summed E-state index contributed by atoms with van der Waals surface area (Å²) < 4.78 is 5.29. The molecule has 1 fully saturated rings. The van der Waals surface area contributed by atoms with Crippen LogP contribution in [-0.2, 0) is 13.1 Å². The second kappa shape index (κ2) is 6.74. The fraction of sp³-hybridized carbons (Fsp3) is 0.438. The predicted molar refractivity (Wildman–Crippen MR) is 83.2 cm³/mol. The van der Waals surface area contributed by atoms with Gasteiger partial charge in [-0.05, 0) is 30.8 Å². The van der Waals surface area contributed by atoms with Crippen molar-refractivity contribution in [1.82, 2.24) is 15.2 Å². The number of hydrogen-bond donors (Lipinski definition) is 1. The van der Waals surface area contributed by atoms with Gasteiger partial charge in [-0.25, -0.2) is 4.98 Å². The predicted octanol–water partition coefficient (Wildman–Crippen LogP) is 1.72. The number of pyridine rings is 1. The first-order valence-corrected chi connectivity index (χ1v) is 7.43. The van der Waals surface area contributed by atoms with E-state index in [2.05, 4.69) is 39.3 Å². The lowest BCUT2D eigenvalue weighted by Gasteiger charge is -2.33. The molecule has 5 heteroatoms. The molecule has 21 heavy (non-hydrogen) atoms. The topological polar surface area (TPSA) is 44.5 Å². The Labute approximate surface area is 125 Å². The van der Waals surface area contributed by atoms with E-state index in [1.165, 1.54) is 5.56 Å². The molecule has 0 atom stereocenters. The van der Waals surface area contributed by atoms with Gasteiger partial charge < -0.3 is 19.5 Å². The highest BCUT2D eigenvalue weighted by molar-refractivity contribution is 5.39. The van der Waals surface area contributed by atoms with Crippen LogP contribution in [0.3, 0.4) is 0 Å². The molecule has 1 aliphatic heterocycles. The zero-order valence-corrected chi connectivity index (χ0v) is 12.5. The molecule has 2 aromatic heterocycles. The fourth-order valence-corrected chi connectivity index (χ4v) is 2.49. The van der Waals surface area contributed by atoms with Crippen molar-refractivity contribution in [2.75, 3.05) is 38.1 Å². The fourth-order valence-electron chi connectivity index (χ4n) is 2.49. The Morgan fingerprint density at radius 2 is 2.00 bits per heavy atom. The number of aromatic nitrogens is 1. The van der Waals surface area contributed by atoms with Crippen molar-refractivity contribution in [3.8, 4) is 0 Å². The molecule has 0 aromatic carbocycles. The summed E-state index contributed by atoms with van der Waals surface area (Å²) in [6, 6.07) is 8.15. The highest BCUT2D eigenvalue weighted by atomic mass is 16.3. The first kappa shape index (κ1) is 14.1. The van der Waals surface area contributed by atoms with Crippen LogP contribution in [0.1, 0.15) is 11.3 Å². The molecule has 3 heterocycles. The van der Waals surface area contributed by atoms with Crippen molar-refractivity contribution in [2.24, 2.45) is 0 Å². The molecule has 1 aliphatic rings. The molecule has 0 saturated carbocycles. The standard InChI is InChI=1S/C16H22N4O/c1-19-6-8-20(9-7-19)16-5-4-14(12-18-16)11-17-13-15-3-2-10-21-15/h2-5,10,12,17H,6-9,11,13H2,1H3. The van der Waals surface area contributed by atoms with Gasteiger partial charge in [-0.15, -0.1) is 0 Å². The van der Waals surface area contributed by atoms with Crippen molar-refractivity contribution >= 4 is 5.82 Å². The van der Waals surface area contributed by atoms with Crippen molar-refractivity contribution in [1.29, 1.82) is 0 Å². The zero-order chi connectivity index (χ0) is 14.5. The summed E-state index contributed by atoms with van der Waals surface area (Å²) in [5, 5.41) is 3.35. The number of piperazine rings is 1. The second-order valence-corrected chi connectivity index (χ2v) is 5.50. The lowest BCUT2D eigenvalue weighted by molar-refractivity contribution is 0.312. The Morgan fingerprint density at radius 1 is 1.14 bits per heavy atom. The largest absolute Gasteiger partial charge is 0.468 e. The lowest BCUT2D eigenvalue weighted by atomic mass is 10.2. The Kier molecular flexibility index (Phi) is 4.52. The summed E-state index contributed by atoms with van der Waals surface area (Å²) in [7, 11) is 2.17. The molecule has 0 amide bonds. The number of nitrogens with zero attached hydrogens (tertiary/aromatic N) is 3.